The van der Waals surface area contributed by atoms with Crippen molar-refractivity contribution in [3.8, 4) is 6.07 Å². The average molecular weight is 323 g/mol. The smallest absolute Gasteiger partial charge is 0.224 e. The summed E-state index contributed by atoms with van der Waals surface area (Å²) in [5.74, 6) is 2.57. The number of aryl methyl sites for hydroxylation is 1. The van der Waals surface area contributed by atoms with Gasteiger partial charge in [0.2, 0.25) is 5.95 Å². The van der Waals surface area contributed by atoms with Crippen molar-refractivity contribution in [2.75, 3.05) is 47.8 Å². The van der Waals surface area contributed by atoms with Gasteiger partial charge in [-0.05, 0) is 26.0 Å². The van der Waals surface area contributed by atoms with E-state index >= 15 is 0 Å². The normalized spacial score (nSPS) is 14.4. The van der Waals surface area contributed by atoms with Crippen molar-refractivity contribution >= 4 is 17.6 Å². The van der Waals surface area contributed by atoms with E-state index in [2.05, 4.69) is 36.1 Å². The molecule has 0 bridgehead atoms. The molecule has 0 amide bonds. The summed E-state index contributed by atoms with van der Waals surface area (Å²) in [6.45, 7) is 8.34. The van der Waals surface area contributed by atoms with Gasteiger partial charge in [0, 0.05) is 50.7 Å². The molecule has 0 radical (unpaired) electrons. The second-order valence-electron chi connectivity index (χ2n) is 5.71. The minimum absolute atomic E-state index is 0.588. The Hall–Kier alpha value is -2.88. The van der Waals surface area contributed by atoms with Crippen molar-refractivity contribution in [3.05, 3.63) is 35.7 Å². The molecular formula is C17H21N7. The lowest BCUT2D eigenvalue weighted by atomic mass is 10.2. The van der Waals surface area contributed by atoms with Crippen molar-refractivity contribution in [1.29, 1.82) is 5.26 Å². The Balaban J connectivity index is 1.67. The van der Waals surface area contributed by atoms with Gasteiger partial charge in [0.1, 0.15) is 17.7 Å². The Bertz CT molecular complexity index is 728. The van der Waals surface area contributed by atoms with Gasteiger partial charge in [0.15, 0.2) is 0 Å². The molecule has 7 heteroatoms. The fourth-order valence-electron chi connectivity index (χ4n) is 2.76. The zero-order chi connectivity index (χ0) is 16.9. The predicted octanol–water partition coefficient (Wildman–Crippen LogP) is 1.81. The Morgan fingerprint density at radius 1 is 1.12 bits per heavy atom. The average Bonchev–Trinajstić information content (AvgIpc) is 2.62. The van der Waals surface area contributed by atoms with Crippen LogP contribution in [0.15, 0.2) is 24.4 Å². The Morgan fingerprint density at radius 3 is 2.42 bits per heavy atom. The number of piperazine rings is 1. The molecule has 0 aromatic carbocycles. The van der Waals surface area contributed by atoms with Crippen LogP contribution >= 0.6 is 0 Å². The lowest BCUT2D eigenvalue weighted by molar-refractivity contribution is 0.641. The molecule has 1 aliphatic rings. The molecule has 0 aliphatic carbocycles. The maximum atomic E-state index is 8.86. The molecule has 1 N–H and O–H groups in total. The lowest BCUT2D eigenvalue weighted by Gasteiger charge is -2.36. The summed E-state index contributed by atoms with van der Waals surface area (Å²) in [5.41, 5.74) is 1.55. The second-order valence-corrected chi connectivity index (χ2v) is 5.71. The molecule has 24 heavy (non-hydrogen) atoms. The van der Waals surface area contributed by atoms with Crippen molar-refractivity contribution in [1.82, 2.24) is 15.0 Å². The second kappa shape index (κ2) is 7.13. The van der Waals surface area contributed by atoms with E-state index in [4.69, 9.17) is 5.26 Å². The van der Waals surface area contributed by atoms with Gasteiger partial charge in [-0.25, -0.2) is 9.97 Å². The number of nitriles is 1. The summed E-state index contributed by atoms with van der Waals surface area (Å²) in [6, 6.07) is 7.84. The van der Waals surface area contributed by atoms with E-state index in [1.807, 2.05) is 32.0 Å². The molecule has 3 heterocycles. The zero-order valence-corrected chi connectivity index (χ0v) is 14.0. The summed E-state index contributed by atoms with van der Waals surface area (Å²) in [5, 5.41) is 12.0. The number of hydrogen-bond acceptors (Lipinski definition) is 7. The van der Waals surface area contributed by atoms with E-state index in [0.29, 0.717) is 11.5 Å². The van der Waals surface area contributed by atoms with Crippen LogP contribution in [0, 0.1) is 18.3 Å². The van der Waals surface area contributed by atoms with Crippen molar-refractivity contribution in [2.24, 2.45) is 0 Å². The van der Waals surface area contributed by atoms with Crippen LogP contribution in [0.2, 0.25) is 0 Å². The van der Waals surface area contributed by atoms with Crippen LogP contribution in [-0.4, -0.2) is 47.7 Å². The van der Waals surface area contributed by atoms with Crippen molar-refractivity contribution in [2.45, 2.75) is 13.8 Å². The molecule has 1 saturated heterocycles. The van der Waals surface area contributed by atoms with Crippen LogP contribution in [0.3, 0.4) is 0 Å². The third-order valence-corrected chi connectivity index (χ3v) is 3.98. The van der Waals surface area contributed by atoms with Crippen LogP contribution in [0.1, 0.15) is 18.2 Å². The first-order valence-electron chi connectivity index (χ1n) is 8.15. The summed E-state index contributed by atoms with van der Waals surface area (Å²) in [6.07, 6.45) is 1.62. The highest BCUT2D eigenvalue weighted by atomic mass is 15.3. The summed E-state index contributed by atoms with van der Waals surface area (Å²) < 4.78 is 0. The number of nitrogens with zero attached hydrogens (tertiary/aromatic N) is 6. The number of aromatic nitrogens is 3. The van der Waals surface area contributed by atoms with Crippen molar-refractivity contribution in [3.63, 3.8) is 0 Å². The van der Waals surface area contributed by atoms with E-state index in [1.165, 1.54) is 0 Å². The first-order chi connectivity index (χ1) is 11.7. The number of nitrogens with one attached hydrogen (secondary N) is 1. The van der Waals surface area contributed by atoms with E-state index in [1.54, 1.807) is 6.20 Å². The minimum Gasteiger partial charge on any atom is -0.354 e. The Morgan fingerprint density at radius 2 is 1.83 bits per heavy atom. The fourth-order valence-corrected chi connectivity index (χ4v) is 2.76. The van der Waals surface area contributed by atoms with Crippen LogP contribution in [0.4, 0.5) is 17.6 Å². The first kappa shape index (κ1) is 16.0. The number of pyridine rings is 1. The maximum Gasteiger partial charge on any atom is 0.224 e. The lowest BCUT2D eigenvalue weighted by Crippen LogP contribution is -2.47. The third kappa shape index (κ3) is 3.54. The van der Waals surface area contributed by atoms with Gasteiger partial charge in [0.25, 0.3) is 0 Å². The van der Waals surface area contributed by atoms with Crippen molar-refractivity contribution < 1.29 is 0 Å². The minimum atomic E-state index is 0.588. The Labute approximate surface area is 142 Å². The van der Waals surface area contributed by atoms with Crippen LogP contribution < -0.4 is 15.1 Å². The van der Waals surface area contributed by atoms with Gasteiger partial charge < -0.3 is 15.1 Å². The largest absolute Gasteiger partial charge is 0.354 e. The van der Waals surface area contributed by atoms with Gasteiger partial charge in [-0.2, -0.15) is 10.2 Å². The number of rotatable bonds is 4. The zero-order valence-electron chi connectivity index (χ0n) is 14.0. The van der Waals surface area contributed by atoms with E-state index in [9.17, 15) is 0 Å². The molecule has 1 aliphatic heterocycles. The molecule has 2 aromatic rings. The molecule has 1 fully saturated rings. The van der Waals surface area contributed by atoms with Crippen LogP contribution in [0.5, 0.6) is 0 Å². The van der Waals surface area contributed by atoms with Crippen LogP contribution in [0.25, 0.3) is 0 Å². The highest BCUT2D eigenvalue weighted by Crippen LogP contribution is 2.19. The quantitative estimate of drug-likeness (QED) is 0.919. The van der Waals surface area contributed by atoms with Crippen LogP contribution in [-0.2, 0) is 0 Å². The van der Waals surface area contributed by atoms with Gasteiger partial charge in [-0.15, -0.1) is 0 Å². The van der Waals surface area contributed by atoms with E-state index in [0.717, 1.165) is 50.1 Å². The molecule has 2 aromatic heterocycles. The first-order valence-corrected chi connectivity index (χ1v) is 8.15. The number of hydrogen-bond donors (Lipinski definition) is 1. The summed E-state index contributed by atoms with van der Waals surface area (Å²) in [4.78, 5) is 17.9. The van der Waals surface area contributed by atoms with Gasteiger partial charge in [-0.3, -0.25) is 0 Å². The van der Waals surface area contributed by atoms with Gasteiger partial charge >= 0.3 is 0 Å². The topological polar surface area (TPSA) is 81.0 Å². The molecule has 124 valence electrons. The number of anilines is 3. The van der Waals surface area contributed by atoms with Gasteiger partial charge in [0.05, 0.1) is 5.56 Å². The molecule has 0 saturated carbocycles. The highest BCUT2D eigenvalue weighted by Gasteiger charge is 2.20. The Kier molecular flexibility index (Phi) is 4.75. The van der Waals surface area contributed by atoms with Gasteiger partial charge in [-0.1, -0.05) is 0 Å². The third-order valence-electron chi connectivity index (χ3n) is 3.98. The summed E-state index contributed by atoms with van der Waals surface area (Å²) in [7, 11) is 0. The monoisotopic (exact) mass is 323 g/mol. The molecule has 3 rings (SSSR count). The standard InChI is InChI=1S/C17H21N7/c1-3-19-17-21-13(2)10-16(22-17)24-8-6-23(7-9-24)15-5-4-14(11-18)12-20-15/h4-5,10,12H,3,6-9H2,1-2H3,(H,19,21,22). The molecule has 0 spiro atoms. The molecule has 0 unspecified atom stereocenters. The predicted molar refractivity (Wildman–Crippen MR) is 94.3 cm³/mol. The SMILES string of the molecule is CCNc1nc(C)cc(N2CCN(c3ccc(C#N)cn3)CC2)n1. The highest BCUT2D eigenvalue weighted by molar-refractivity contribution is 5.48. The molecule has 7 nitrogen and oxygen atoms in total. The van der Waals surface area contributed by atoms with E-state index < -0.39 is 0 Å². The fraction of sp³-hybridized carbons (Fsp3) is 0.412. The van der Waals surface area contributed by atoms with E-state index in [-0.39, 0.29) is 0 Å². The maximum absolute atomic E-state index is 8.86. The summed E-state index contributed by atoms with van der Waals surface area (Å²) >= 11 is 0. The molecular weight excluding hydrogens is 302 g/mol. The molecule has 0 atom stereocenters.